The van der Waals surface area contributed by atoms with Crippen LogP contribution < -0.4 is 5.14 Å². The van der Waals surface area contributed by atoms with Crippen molar-refractivity contribution in [2.24, 2.45) is 5.14 Å². The zero-order valence-electron chi connectivity index (χ0n) is 19.6. The lowest BCUT2D eigenvalue weighted by molar-refractivity contribution is -0.385. The summed E-state index contributed by atoms with van der Waals surface area (Å²) in [6.07, 6.45) is -1.89. The summed E-state index contributed by atoms with van der Waals surface area (Å²) in [5, 5.41) is 26.4. The number of nitrogens with two attached hydrogens (primary N) is 1. The van der Waals surface area contributed by atoms with Crippen LogP contribution in [0.4, 0.5) is 21.0 Å². The lowest BCUT2D eigenvalue weighted by Crippen LogP contribution is -2.49. The normalized spacial score (nSPS) is 17.1. The summed E-state index contributed by atoms with van der Waals surface area (Å²) in [5.74, 6) is 0. The minimum Gasteiger partial charge on any atom is -0.445 e. The molecule has 17 heteroatoms. The van der Waals surface area contributed by atoms with Gasteiger partial charge in [0.25, 0.3) is 11.4 Å². The van der Waals surface area contributed by atoms with Gasteiger partial charge in [-0.1, -0.05) is 0 Å². The average molecular weight is 570 g/mol. The number of hydrogen-bond donors (Lipinski definition) is 2. The number of likely N-dealkylation sites (tertiary alicyclic amines) is 1. The van der Waals surface area contributed by atoms with E-state index in [1.807, 2.05) is 0 Å². The summed E-state index contributed by atoms with van der Waals surface area (Å²) in [6, 6.07) is 9.65. The van der Waals surface area contributed by atoms with Gasteiger partial charge in [-0.05, 0) is 41.8 Å². The first-order chi connectivity index (χ1) is 17.8. The molecule has 0 radical (unpaired) electrons. The molecular weight excluding hydrogens is 546 g/mol. The average Bonchev–Trinajstić information content (AvgIpc) is 3.24. The number of thiol groups is 1. The number of amides is 2. The molecule has 1 heterocycles. The quantitative estimate of drug-likeness (QED) is 0.256. The summed E-state index contributed by atoms with van der Waals surface area (Å²) in [5.41, 5.74) is 0.560. The fraction of sp³-hybridized carbons (Fsp3) is 0.333. The maximum Gasteiger partial charge on any atom is 0.424 e. The highest BCUT2D eigenvalue weighted by Gasteiger charge is 2.39. The topological polar surface area (TPSA) is 206 Å². The highest BCUT2D eigenvalue weighted by Crippen LogP contribution is 2.25. The van der Waals surface area contributed by atoms with E-state index < -0.39 is 44.8 Å². The molecule has 0 unspecified atom stereocenters. The van der Waals surface area contributed by atoms with Crippen LogP contribution >= 0.6 is 12.6 Å². The zero-order chi connectivity index (χ0) is 28.0. The summed E-state index contributed by atoms with van der Waals surface area (Å²) >= 11 is 4.36. The van der Waals surface area contributed by atoms with Gasteiger partial charge in [-0.15, -0.1) is 0 Å². The minimum absolute atomic E-state index is 0.100. The van der Waals surface area contributed by atoms with Gasteiger partial charge in [0.15, 0.2) is 0 Å². The van der Waals surface area contributed by atoms with E-state index in [0.717, 1.165) is 0 Å². The van der Waals surface area contributed by atoms with Crippen molar-refractivity contribution in [1.82, 2.24) is 9.21 Å². The second kappa shape index (κ2) is 12.1. The van der Waals surface area contributed by atoms with Gasteiger partial charge in [0.2, 0.25) is 0 Å². The largest absolute Gasteiger partial charge is 0.445 e. The molecule has 0 bridgehead atoms. The molecule has 0 saturated carbocycles. The van der Waals surface area contributed by atoms with Gasteiger partial charge in [0, 0.05) is 36.1 Å². The molecule has 0 aliphatic carbocycles. The number of non-ortho nitro benzene ring substituents is 2. The fourth-order valence-corrected chi connectivity index (χ4v) is 4.69. The van der Waals surface area contributed by atoms with Crippen molar-refractivity contribution in [2.75, 3.05) is 13.1 Å². The molecular formula is C21H23N5O10S2. The summed E-state index contributed by atoms with van der Waals surface area (Å²) in [6.45, 7) is -1.01. The maximum atomic E-state index is 12.7. The Morgan fingerprint density at radius 3 is 1.89 bits per heavy atom. The van der Waals surface area contributed by atoms with Gasteiger partial charge in [-0.2, -0.15) is 25.4 Å². The van der Waals surface area contributed by atoms with Crippen molar-refractivity contribution in [2.45, 2.75) is 30.9 Å². The smallest absolute Gasteiger partial charge is 0.424 e. The molecule has 204 valence electrons. The number of nitro benzene ring substituents is 2. The van der Waals surface area contributed by atoms with Crippen molar-refractivity contribution in [1.29, 1.82) is 0 Å². The number of hydrogen-bond acceptors (Lipinski definition) is 11. The van der Waals surface area contributed by atoms with Crippen LogP contribution in [0, 0.1) is 20.2 Å². The molecule has 2 aromatic carbocycles. The van der Waals surface area contributed by atoms with E-state index in [1.165, 1.54) is 53.4 Å². The van der Waals surface area contributed by atoms with Gasteiger partial charge < -0.3 is 14.4 Å². The molecule has 2 aromatic rings. The van der Waals surface area contributed by atoms with Gasteiger partial charge in [-0.3, -0.25) is 20.2 Å². The number of carbonyl (C=O) groups excluding carboxylic acids is 2. The number of benzene rings is 2. The Morgan fingerprint density at radius 2 is 1.45 bits per heavy atom. The number of rotatable bonds is 9. The first-order valence-corrected chi connectivity index (χ1v) is 12.9. The van der Waals surface area contributed by atoms with Crippen LogP contribution in [0.2, 0.25) is 0 Å². The highest BCUT2D eigenvalue weighted by molar-refractivity contribution is 7.87. The van der Waals surface area contributed by atoms with E-state index in [4.69, 9.17) is 14.6 Å². The number of ether oxygens (including phenoxy) is 2. The van der Waals surface area contributed by atoms with Crippen molar-refractivity contribution in [3.8, 4) is 0 Å². The van der Waals surface area contributed by atoms with E-state index >= 15 is 0 Å². The first kappa shape index (κ1) is 28.6. The van der Waals surface area contributed by atoms with Gasteiger partial charge >= 0.3 is 22.4 Å². The van der Waals surface area contributed by atoms with Gasteiger partial charge in [-0.25, -0.2) is 14.7 Å². The molecule has 15 nitrogen and oxygen atoms in total. The second-order valence-electron chi connectivity index (χ2n) is 8.23. The number of carbonyl (C=O) groups is 2. The predicted octanol–water partition coefficient (Wildman–Crippen LogP) is 2.35. The lowest BCUT2D eigenvalue weighted by atomic mass is 10.2. The van der Waals surface area contributed by atoms with Crippen LogP contribution in [0.3, 0.4) is 0 Å². The van der Waals surface area contributed by atoms with Crippen LogP contribution in [0.5, 0.6) is 0 Å². The summed E-state index contributed by atoms with van der Waals surface area (Å²) in [7, 11) is -4.60. The lowest BCUT2D eigenvalue weighted by Gasteiger charge is -2.28. The molecule has 2 amide bonds. The summed E-state index contributed by atoms with van der Waals surface area (Å²) in [4.78, 5) is 46.9. The standard InChI is InChI=1S/C21H23N5O10S2/c22-38(33,34)24(21(28)36-13-15-3-7-17(8-4-15)26(31)32)10-18-9-19(37)11-23(18)20(27)35-12-14-1-5-16(6-2-14)25(29)30/h1-8,18-19,37H,9-13H2,(H2,22,33,34)/t18-,19-/m0/s1. The maximum absolute atomic E-state index is 12.7. The monoisotopic (exact) mass is 569 g/mol. The Kier molecular flexibility index (Phi) is 9.08. The minimum atomic E-state index is -4.60. The van der Waals surface area contributed by atoms with Crippen molar-refractivity contribution in [3.05, 3.63) is 79.9 Å². The van der Waals surface area contributed by atoms with Gasteiger partial charge in [0.1, 0.15) is 13.2 Å². The highest BCUT2D eigenvalue weighted by atomic mass is 32.2. The second-order valence-corrected chi connectivity index (χ2v) is 10.4. The Balaban J connectivity index is 1.64. The van der Waals surface area contributed by atoms with Crippen LogP contribution in [0.1, 0.15) is 17.5 Å². The van der Waals surface area contributed by atoms with Crippen LogP contribution in [-0.4, -0.2) is 64.0 Å². The van der Waals surface area contributed by atoms with Crippen molar-refractivity contribution >= 4 is 46.4 Å². The SMILES string of the molecule is NS(=O)(=O)N(C[C@@H]1C[C@H](S)CN1C(=O)OCc1ccc([N+](=O)[O-])cc1)C(=O)OCc1ccc([N+](=O)[O-])cc1. The Bertz CT molecular complexity index is 1300. The number of nitrogens with zero attached hydrogens (tertiary/aromatic N) is 4. The van der Waals surface area contributed by atoms with Crippen molar-refractivity contribution < 1.29 is 37.3 Å². The van der Waals surface area contributed by atoms with Crippen molar-refractivity contribution in [3.63, 3.8) is 0 Å². The Hall–Kier alpha value is -3.96. The Labute approximate surface area is 222 Å². The first-order valence-electron chi connectivity index (χ1n) is 10.9. The molecule has 1 aliphatic heterocycles. The molecule has 2 atom stereocenters. The van der Waals surface area contributed by atoms with E-state index in [9.17, 15) is 38.2 Å². The third-order valence-electron chi connectivity index (χ3n) is 5.53. The molecule has 1 aliphatic rings. The summed E-state index contributed by atoms with van der Waals surface area (Å²) < 4.78 is 34.9. The molecule has 0 spiro atoms. The fourth-order valence-electron chi connectivity index (χ4n) is 3.64. The van der Waals surface area contributed by atoms with Crippen LogP contribution in [0.15, 0.2) is 48.5 Å². The van der Waals surface area contributed by atoms with Crippen LogP contribution in [0.25, 0.3) is 0 Å². The predicted molar refractivity (Wildman–Crippen MR) is 134 cm³/mol. The third-order valence-corrected chi connectivity index (χ3v) is 6.82. The zero-order valence-corrected chi connectivity index (χ0v) is 21.3. The molecule has 0 aromatic heterocycles. The molecule has 3 rings (SSSR count). The number of nitro groups is 2. The van der Waals surface area contributed by atoms with E-state index in [0.29, 0.717) is 11.1 Å². The molecule has 1 saturated heterocycles. The van der Waals surface area contributed by atoms with E-state index in [-0.39, 0.29) is 47.1 Å². The van der Waals surface area contributed by atoms with Crippen LogP contribution in [-0.2, 0) is 32.9 Å². The third kappa shape index (κ3) is 7.53. The molecule has 38 heavy (non-hydrogen) atoms. The Morgan fingerprint density at radius 1 is 0.974 bits per heavy atom. The van der Waals surface area contributed by atoms with Gasteiger partial charge in [0.05, 0.1) is 22.4 Å². The van der Waals surface area contributed by atoms with E-state index in [2.05, 4.69) is 12.6 Å². The molecule has 2 N–H and O–H groups in total. The molecule has 1 fully saturated rings. The van der Waals surface area contributed by atoms with E-state index in [1.54, 1.807) is 0 Å².